The minimum absolute atomic E-state index is 0.0358. The van der Waals surface area contributed by atoms with Crippen molar-refractivity contribution in [3.8, 4) is 0 Å². The number of amides is 2. The van der Waals surface area contributed by atoms with Crippen LogP contribution >= 0.6 is 34.4 Å². The number of hydrogen-bond donors (Lipinski definition) is 1. The summed E-state index contributed by atoms with van der Waals surface area (Å²) in [5.74, 6) is 0.444. The second kappa shape index (κ2) is 11.4. The Kier molecular flexibility index (Phi) is 8.32. The van der Waals surface area contributed by atoms with Gasteiger partial charge < -0.3 is 4.90 Å². The molecule has 7 nitrogen and oxygen atoms in total. The average molecular weight is 480 g/mol. The summed E-state index contributed by atoms with van der Waals surface area (Å²) in [5, 5.41) is 14.5. The van der Waals surface area contributed by atoms with Crippen LogP contribution in [-0.4, -0.2) is 49.7 Å². The van der Waals surface area contributed by atoms with Crippen molar-refractivity contribution in [2.24, 2.45) is 0 Å². The van der Waals surface area contributed by atoms with E-state index < -0.39 is 0 Å². The summed E-state index contributed by atoms with van der Waals surface area (Å²) in [6.45, 7) is 0. The van der Waals surface area contributed by atoms with E-state index in [1.165, 1.54) is 73.0 Å². The fourth-order valence-corrected chi connectivity index (χ4v) is 6.77. The zero-order valence-electron chi connectivity index (χ0n) is 17.6. The van der Waals surface area contributed by atoms with E-state index in [1.807, 2.05) is 5.38 Å². The van der Waals surface area contributed by atoms with Gasteiger partial charge in [0, 0.05) is 23.7 Å². The van der Waals surface area contributed by atoms with Crippen LogP contribution in [0, 0.1) is 0 Å². The summed E-state index contributed by atoms with van der Waals surface area (Å²) in [6.07, 6.45) is 13.8. The number of ketones is 1. The summed E-state index contributed by atoms with van der Waals surface area (Å²) < 4.78 is 0.699. The molecule has 2 heterocycles. The molecule has 2 aliphatic carbocycles. The molecule has 0 aliphatic heterocycles. The normalized spacial score (nSPS) is 18.1. The maximum Gasteiger partial charge on any atom is 0.324 e. The molecule has 2 aliphatic rings. The Morgan fingerprint density at radius 2 is 1.71 bits per heavy atom. The van der Waals surface area contributed by atoms with E-state index in [0.29, 0.717) is 33.7 Å². The number of thiazole rings is 1. The maximum absolute atomic E-state index is 13.3. The van der Waals surface area contributed by atoms with Crippen LogP contribution in [0.5, 0.6) is 0 Å². The van der Waals surface area contributed by atoms with Gasteiger partial charge in [0.05, 0.1) is 17.2 Å². The quantitative estimate of drug-likeness (QED) is 0.403. The number of rotatable bonds is 8. The number of Topliss-reactive ketones (excluding diaryl/α,β-unsaturated/α-hetero) is 1. The van der Waals surface area contributed by atoms with Crippen LogP contribution in [0.15, 0.2) is 15.9 Å². The van der Waals surface area contributed by atoms with Gasteiger partial charge in [-0.2, -0.15) is 0 Å². The number of nitrogens with zero attached hydrogens (tertiary/aromatic N) is 4. The van der Waals surface area contributed by atoms with Crippen LogP contribution in [0.4, 0.5) is 9.93 Å². The number of nitrogens with one attached hydrogen (secondary N) is 1. The SMILES string of the molecule is O=C(CSc1nnc(NC(=O)N(C2CCCCC2)C2CCCCC2)s1)Cc1nccs1. The third-order valence-electron chi connectivity index (χ3n) is 5.98. The van der Waals surface area contributed by atoms with Gasteiger partial charge in [-0.25, -0.2) is 9.78 Å². The lowest BCUT2D eigenvalue weighted by Crippen LogP contribution is -2.50. The highest BCUT2D eigenvalue weighted by molar-refractivity contribution is 8.01. The molecule has 0 atom stereocenters. The molecule has 2 aromatic heterocycles. The fraction of sp³-hybridized carbons (Fsp3) is 0.667. The van der Waals surface area contributed by atoms with E-state index in [-0.39, 0.29) is 11.8 Å². The van der Waals surface area contributed by atoms with E-state index in [2.05, 4.69) is 25.4 Å². The molecule has 0 aromatic carbocycles. The molecule has 0 saturated heterocycles. The van der Waals surface area contributed by atoms with E-state index in [1.54, 1.807) is 6.20 Å². The second-order valence-electron chi connectivity index (χ2n) is 8.22. The van der Waals surface area contributed by atoms with Crippen LogP contribution in [0.2, 0.25) is 0 Å². The third kappa shape index (κ3) is 6.49. The van der Waals surface area contributed by atoms with Crippen LogP contribution in [0.25, 0.3) is 0 Å². The van der Waals surface area contributed by atoms with Gasteiger partial charge in [-0.05, 0) is 25.7 Å². The van der Waals surface area contributed by atoms with Gasteiger partial charge in [0.2, 0.25) is 5.13 Å². The van der Waals surface area contributed by atoms with E-state index in [0.717, 1.165) is 30.7 Å². The topological polar surface area (TPSA) is 88.1 Å². The number of carbonyl (C=O) groups is 2. The van der Waals surface area contributed by atoms with Crippen LogP contribution < -0.4 is 5.32 Å². The largest absolute Gasteiger partial charge is 0.324 e. The first-order chi connectivity index (χ1) is 15.2. The zero-order valence-corrected chi connectivity index (χ0v) is 20.1. The average Bonchev–Trinajstić information content (AvgIpc) is 3.46. The van der Waals surface area contributed by atoms with Crippen molar-refractivity contribution in [3.63, 3.8) is 0 Å². The number of thioether (sulfide) groups is 1. The van der Waals surface area contributed by atoms with E-state index in [9.17, 15) is 9.59 Å². The zero-order chi connectivity index (χ0) is 21.5. The molecular formula is C21H29N5O2S3. The van der Waals surface area contributed by atoms with Gasteiger partial charge in [-0.1, -0.05) is 61.6 Å². The van der Waals surface area contributed by atoms with Gasteiger partial charge >= 0.3 is 6.03 Å². The highest BCUT2D eigenvalue weighted by Gasteiger charge is 2.33. The monoisotopic (exact) mass is 479 g/mol. The number of aromatic nitrogens is 3. The van der Waals surface area contributed by atoms with Crippen molar-refractivity contribution in [1.29, 1.82) is 0 Å². The minimum Gasteiger partial charge on any atom is -0.319 e. The Balaban J connectivity index is 1.33. The highest BCUT2D eigenvalue weighted by atomic mass is 32.2. The Labute approximate surface area is 195 Å². The van der Waals surface area contributed by atoms with Gasteiger partial charge in [-0.3, -0.25) is 10.1 Å². The fourth-order valence-electron chi connectivity index (χ4n) is 4.53. The standard InChI is InChI=1S/C21H29N5O2S3/c27-17(13-18-22-11-12-29-18)14-30-21-25-24-19(31-21)23-20(28)26(15-7-3-1-4-8-15)16-9-5-2-6-10-16/h11-12,15-16H,1-10,13-14H2,(H,23,24,28). The third-order valence-corrected chi connectivity index (χ3v) is 8.79. The summed E-state index contributed by atoms with van der Waals surface area (Å²) in [7, 11) is 0. The van der Waals surface area contributed by atoms with E-state index >= 15 is 0 Å². The molecule has 31 heavy (non-hydrogen) atoms. The maximum atomic E-state index is 13.3. The number of carbonyl (C=O) groups excluding carboxylic acids is 2. The first-order valence-electron chi connectivity index (χ1n) is 11.1. The van der Waals surface area contributed by atoms with Crippen LogP contribution in [-0.2, 0) is 11.2 Å². The first-order valence-corrected chi connectivity index (χ1v) is 13.8. The molecule has 10 heteroatoms. The predicted octanol–water partition coefficient (Wildman–Crippen LogP) is 5.40. The summed E-state index contributed by atoms with van der Waals surface area (Å²) in [6, 6.07) is 0.635. The summed E-state index contributed by atoms with van der Waals surface area (Å²) in [5.41, 5.74) is 0. The van der Waals surface area contributed by atoms with Crippen molar-refractivity contribution < 1.29 is 9.59 Å². The Hall–Kier alpha value is -1.52. The molecule has 168 valence electrons. The second-order valence-corrected chi connectivity index (χ2v) is 11.4. The van der Waals surface area contributed by atoms with Gasteiger partial charge in [-0.15, -0.1) is 21.5 Å². The van der Waals surface area contributed by atoms with Gasteiger partial charge in [0.25, 0.3) is 0 Å². The molecule has 2 amide bonds. The van der Waals surface area contributed by atoms with Crippen molar-refractivity contribution in [2.45, 2.75) is 87.1 Å². The molecule has 1 N–H and O–H groups in total. The van der Waals surface area contributed by atoms with Crippen molar-refractivity contribution in [2.75, 3.05) is 11.1 Å². The smallest absolute Gasteiger partial charge is 0.319 e. The molecule has 0 radical (unpaired) electrons. The van der Waals surface area contributed by atoms with Crippen molar-refractivity contribution >= 4 is 51.4 Å². The first kappa shape index (κ1) is 22.7. The Morgan fingerprint density at radius 1 is 1.03 bits per heavy atom. The summed E-state index contributed by atoms with van der Waals surface area (Å²) >= 11 is 4.20. The van der Waals surface area contributed by atoms with E-state index in [4.69, 9.17) is 0 Å². The van der Waals surface area contributed by atoms with Gasteiger partial charge in [0.15, 0.2) is 4.34 Å². The summed E-state index contributed by atoms with van der Waals surface area (Å²) in [4.78, 5) is 31.7. The van der Waals surface area contributed by atoms with Gasteiger partial charge in [0.1, 0.15) is 5.78 Å². The molecule has 2 saturated carbocycles. The predicted molar refractivity (Wildman–Crippen MR) is 126 cm³/mol. The van der Waals surface area contributed by atoms with Crippen molar-refractivity contribution in [1.82, 2.24) is 20.1 Å². The molecule has 0 spiro atoms. The molecule has 0 unspecified atom stereocenters. The van der Waals surface area contributed by atoms with Crippen LogP contribution in [0.3, 0.4) is 0 Å². The number of urea groups is 1. The van der Waals surface area contributed by atoms with Crippen molar-refractivity contribution in [3.05, 3.63) is 16.6 Å². The molecule has 4 rings (SSSR count). The highest BCUT2D eigenvalue weighted by Crippen LogP contribution is 2.32. The lowest BCUT2D eigenvalue weighted by Gasteiger charge is -2.41. The molecule has 2 fully saturated rings. The van der Waals surface area contributed by atoms with Crippen LogP contribution in [0.1, 0.15) is 69.2 Å². The number of anilines is 1. The molecule has 0 bridgehead atoms. The lowest BCUT2D eigenvalue weighted by atomic mass is 9.89. The number of hydrogen-bond acceptors (Lipinski definition) is 8. The molecule has 2 aromatic rings. The molecular weight excluding hydrogens is 450 g/mol. The minimum atomic E-state index is -0.0358. The Bertz CT molecular complexity index is 827. The lowest BCUT2D eigenvalue weighted by molar-refractivity contribution is -0.116. The Morgan fingerprint density at radius 3 is 2.32 bits per heavy atom.